The second kappa shape index (κ2) is 8.45. The lowest BCUT2D eigenvalue weighted by Gasteiger charge is -2.04. The van der Waals surface area contributed by atoms with E-state index in [-0.39, 0.29) is 9.03 Å². The van der Waals surface area contributed by atoms with Crippen LogP contribution >= 0.6 is 9.03 Å². The average Bonchev–Trinajstić information content (AvgIpc) is 2.42. The molecule has 1 unspecified atom stereocenters. The average molecular weight is 178 g/mol. The van der Waals surface area contributed by atoms with Gasteiger partial charge in [0.2, 0.25) is 0 Å². The van der Waals surface area contributed by atoms with E-state index in [2.05, 4.69) is 13.8 Å². The van der Waals surface area contributed by atoms with Crippen molar-refractivity contribution in [3.05, 3.63) is 0 Å². The molecule has 1 fully saturated rings. The van der Waals surface area contributed by atoms with Crippen molar-refractivity contribution in [1.82, 2.24) is 0 Å². The molecular formula is C8H19O2P. The fraction of sp³-hybridized carbons (Fsp3) is 1.00. The van der Waals surface area contributed by atoms with Crippen molar-refractivity contribution >= 4 is 9.03 Å². The highest BCUT2D eigenvalue weighted by Crippen LogP contribution is 2.25. The zero-order valence-corrected chi connectivity index (χ0v) is 8.47. The van der Waals surface area contributed by atoms with Crippen molar-refractivity contribution in [2.45, 2.75) is 52.1 Å². The fourth-order valence-corrected chi connectivity index (χ4v) is 1.47. The molecule has 0 aromatic heterocycles. The highest BCUT2D eigenvalue weighted by molar-refractivity contribution is 7.25. The first-order chi connectivity index (χ1) is 5.35. The molecule has 3 heteroatoms. The lowest BCUT2D eigenvalue weighted by atomic mass is 10.3. The number of hydrogen-bond donors (Lipinski definition) is 1. The van der Waals surface area contributed by atoms with E-state index in [1.807, 2.05) is 0 Å². The minimum absolute atomic E-state index is 0.308. The summed E-state index contributed by atoms with van der Waals surface area (Å²) in [6, 6.07) is 0. The van der Waals surface area contributed by atoms with E-state index < -0.39 is 0 Å². The highest BCUT2D eigenvalue weighted by atomic mass is 31.1. The Hall–Kier alpha value is 0.350. The lowest BCUT2D eigenvalue weighted by molar-refractivity contribution is 0.221. The molecule has 1 saturated carbocycles. The van der Waals surface area contributed by atoms with E-state index >= 15 is 0 Å². The van der Waals surface area contributed by atoms with Crippen LogP contribution in [0.3, 0.4) is 0 Å². The van der Waals surface area contributed by atoms with Crippen LogP contribution in [0.1, 0.15) is 46.0 Å². The third kappa shape index (κ3) is 6.74. The summed E-state index contributed by atoms with van der Waals surface area (Å²) in [4.78, 5) is 8.33. The third-order valence-electron chi connectivity index (χ3n) is 1.52. The maximum atomic E-state index is 8.33. The molecule has 0 radical (unpaired) electrons. The summed E-state index contributed by atoms with van der Waals surface area (Å²) < 4.78 is 4.99. The van der Waals surface area contributed by atoms with Crippen LogP contribution in [0, 0.1) is 0 Å². The lowest BCUT2D eigenvalue weighted by Crippen LogP contribution is -1.99. The molecule has 0 amide bonds. The molecule has 0 heterocycles. The smallest absolute Gasteiger partial charge is 0.152 e. The predicted molar refractivity (Wildman–Crippen MR) is 49.8 cm³/mol. The molecule has 2 nitrogen and oxygen atoms in total. The first-order valence-electron chi connectivity index (χ1n) is 4.39. The molecule has 0 aliphatic heterocycles. The van der Waals surface area contributed by atoms with Gasteiger partial charge in [-0.1, -0.05) is 33.1 Å². The molecule has 1 aliphatic rings. The molecule has 0 saturated heterocycles. The minimum Gasteiger partial charge on any atom is -0.352 e. The van der Waals surface area contributed by atoms with Crippen LogP contribution in [0.2, 0.25) is 0 Å². The largest absolute Gasteiger partial charge is 0.352 e. The van der Waals surface area contributed by atoms with Crippen LogP contribution in [0.25, 0.3) is 0 Å². The normalized spacial score (nSPS) is 18.8. The van der Waals surface area contributed by atoms with Gasteiger partial charge in [0.05, 0.1) is 6.10 Å². The van der Waals surface area contributed by atoms with Crippen LogP contribution in [-0.2, 0) is 4.52 Å². The van der Waals surface area contributed by atoms with E-state index in [0.717, 1.165) is 12.8 Å². The van der Waals surface area contributed by atoms with Gasteiger partial charge in [-0.3, -0.25) is 0 Å². The molecule has 1 rings (SSSR count). The molecule has 0 spiro atoms. The fourth-order valence-electron chi connectivity index (χ4n) is 1.08. The summed E-state index contributed by atoms with van der Waals surface area (Å²) >= 11 is 0. The van der Waals surface area contributed by atoms with Crippen LogP contribution in [0.15, 0.2) is 0 Å². The van der Waals surface area contributed by atoms with Gasteiger partial charge < -0.3 is 9.42 Å². The third-order valence-corrected chi connectivity index (χ3v) is 1.96. The van der Waals surface area contributed by atoms with Crippen molar-refractivity contribution in [1.29, 1.82) is 0 Å². The van der Waals surface area contributed by atoms with E-state index in [4.69, 9.17) is 9.42 Å². The van der Waals surface area contributed by atoms with Gasteiger partial charge in [0.15, 0.2) is 9.03 Å². The van der Waals surface area contributed by atoms with E-state index in [1.165, 1.54) is 19.3 Å². The monoisotopic (exact) mass is 178 g/mol. The number of hydrogen-bond acceptors (Lipinski definition) is 2. The Kier molecular flexibility index (Phi) is 8.72. The quantitative estimate of drug-likeness (QED) is 0.659. The van der Waals surface area contributed by atoms with E-state index in [1.54, 1.807) is 0 Å². The Balaban J connectivity index is 0.000000292. The first kappa shape index (κ1) is 11.4. The van der Waals surface area contributed by atoms with Crippen LogP contribution < -0.4 is 0 Å². The molecule has 0 bridgehead atoms. The molecule has 0 aromatic rings. The van der Waals surface area contributed by atoms with Crippen molar-refractivity contribution in [2.75, 3.05) is 0 Å². The second-order valence-corrected chi connectivity index (χ2v) is 3.24. The summed E-state index contributed by atoms with van der Waals surface area (Å²) in [5.41, 5.74) is 0. The zero-order valence-electron chi connectivity index (χ0n) is 7.47. The first-order valence-corrected chi connectivity index (χ1v) is 5.25. The minimum atomic E-state index is -0.308. The van der Waals surface area contributed by atoms with Gasteiger partial charge in [-0.15, -0.1) is 0 Å². The summed E-state index contributed by atoms with van der Waals surface area (Å²) in [5.74, 6) is 0. The Bertz CT molecular complexity index is 72.5. The number of rotatable bonds is 2. The van der Waals surface area contributed by atoms with Gasteiger partial charge in [0.1, 0.15) is 0 Å². The SMILES string of the molecule is CCC.OPOC1CCCC1. The van der Waals surface area contributed by atoms with Crippen LogP contribution in [0.4, 0.5) is 0 Å². The van der Waals surface area contributed by atoms with Crippen molar-refractivity contribution in [3.8, 4) is 0 Å². The van der Waals surface area contributed by atoms with Crippen molar-refractivity contribution in [2.24, 2.45) is 0 Å². The molecule has 0 aromatic carbocycles. The zero-order chi connectivity index (χ0) is 8.53. The molecule has 1 aliphatic carbocycles. The van der Waals surface area contributed by atoms with Gasteiger partial charge in [-0.2, -0.15) is 0 Å². The Labute approximate surface area is 71.3 Å². The molecule has 1 N–H and O–H groups in total. The molecule has 68 valence electrons. The maximum absolute atomic E-state index is 8.33. The standard InChI is InChI=1S/C5H11O2P.C3H8/c6-8-7-5-3-1-2-4-5;1-3-2/h5-6,8H,1-4H2;3H2,1-2H3. The van der Waals surface area contributed by atoms with Gasteiger partial charge >= 0.3 is 0 Å². The van der Waals surface area contributed by atoms with E-state index in [9.17, 15) is 0 Å². The topological polar surface area (TPSA) is 29.5 Å². The Morgan fingerprint density at radius 2 is 1.82 bits per heavy atom. The molecule has 1 atom stereocenters. The van der Waals surface area contributed by atoms with Gasteiger partial charge in [-0.05, 0) is 12.8 Å². The van der Waals surface area contributed by atoms with E-state index in [0.29, 0.717) is 6.10 Å². The second-order valence-electron chi connectivity index (χ2n) is 2.82. The Morgan fingerprint density at radius 1 is 1.36 bits per heavy atom. The molecular weight excluding hydrogens is 159 g/mol. The summed E-state index contributed by atoms with van der Waals surface area (Å²) in [7, 11) is -0.308. The van der Waals surface area contributed by atoms with Gasteiger partial charge in [0, 0.05) is 0 Å². The summed E-state index contributed by atoms with van der Waals surface area (Å²) in [6.45, 7) is 4.25. The van der Waals surface area contributed by atoms with Crippen molar-refractivity contribution in [3.63, 3.8) is 0 Å². The maximum Gasteiger partial charge on any atom is 0.152 e. The van der Waals surface area contributed by atoms with Crippen LogP contribution in [-0.4, -0.2) is 11.0 Å². The summed E-state index contributed by atoms with van der Waals surface area (Å²) in [6.07, 6.45) is 6.46. The van der Waals surface area contributed by atoms with Gasteiger partial charge in [-0.25, -0.2) is 0 Å². The summed E-state index contributed by atoms with van der Waals surface area (Å²) in [5, 5.41) is 0. The van der Waals surface area contributed by atoms with Gasteiger partial charge in [0.25, 0.3) is 0 Å². The predicted octanol–water partition coefficient (Wildman–Crippen LogP) is 2.86. The van der Waals surface area contributed by atoms with Crippen molar-refractivity contribution < 1.29 is 9.42 Å². The molecule has 11 heavy (non-hydrogen) atoms. The van der Waals surface area contributed by atoms with Crippen LogP contribution in [0.5, 0.6) is 0 Å². The Morgan fingerprint density at radius 3 is 2.18 bits per heavy atom. The highest BCUT2D eigenvalue weighted by Gasteiger charge is 2.14.